The predicted octanol–water partition coefficient (Wildman–Crippen LogP) is 1.42. The molecule has 3 aromatic heterocycles. The first-order valence-corrected chi connectivity index (χ1v) is 10.2. The van der Waals surface area contributed by atoms with Gasteiger partial charge in [0.05, 0.1) is 24.5 Å². The molecule has 0 spiro atoms. The van der Waals surface area contributed by atoms with Gasteiger partial charge < -0.3 is 20.5 Å². The van der Waals surface area contributed by atoms with Crippen LogP contribution in [0.15, 0.2) is 37.1 Å². The molecule has 5 heterocycles. The van der Waals surface area contributed by atoms with Crippen molar-refractivity contribution in [1.82, 2.24) is 29.7 Å². The number of rotatable bonds is 6. The zero-order chi connectivity index (χ0) is 21.6. The van der Waals surface area contributed by atoms with E-state index in [0.29, 0.717) is 24.3 Å². The van der Waals surface area contributed by atoms with Crippen LogP contribution in [0.25, 0.3) is 11.5 Å². The largest absolute Gasteiger partial charge is 0.474 e. The van der Waals surface area contributed by atoms with E-state index < -0.39 is 5.91 Å². The molecule has 31 heavy (non-hydrogen) atoms. The fraction of sp³-hybridized carbons (Fsp3) is 0.381. The van der Waals surface area contributed by atoms with Crippen LogP contribution in [-0.2, 0) is 10.2 Å². The second kappa shape index (κ2) is 7.31. The van der Waals surface area contributed by atoms with Crippen molar-refractivity contribution in [2.45, 2.75) is 44.3 Å². The van der Waals surface area contributed by atoms with Crippen LogP contribution in [-0.4, -0.2) is 49.1 Å². The normalized spacial score (nSPS) is 22.5. The molecule has 10 heteroatoms. The molecule has 3 aromatic rings. The summed E-state index contributed by atoms with van der Waals surface area (Å²) in [4.78, 5) is 30.6. The molecule has 2 bridgehead atoms. The Morgan fingerprint density at radius 1 is 1.32 bits per heavy atom. The maximum absolute atomic E-state index is 13.1. The summed E-state index contributed by atoms with van der Waals surface area (Å²) in [5, 5.41) is 2.75. The minimum absolute atomic E-state index is 0.0417. The molecular formula is C21H23N7O3. The van der Waals surface area contributed by atoms with Crippen molar-refractivity contribution in [3.63, 3.8) is 0 Å². The lowest BCUT2D eigenvalue weighted by Gasteiger charge is -2.33. The van der Waals surface area contributed by atoms with Crippen molar-refractivity contribution in [2.24, 2.45) is 5.73 Å². The van der Waals surface area contributed by atoms with Crippen LogP contribution >= 0.6 is 0 Å². The number of nitrogens with zero attached hydrogens (tertiary/aromatic N) is 5. The molecule has 0 unspecified atom stereocenters. The van der Waals surface area contributed by atoms with E-state index in [1.54, 1.807) is 29.1 Å². The first kappa shape index (κ1) is 19.4. The Morgan fingerprint density at radius 2 is 2.10 bits per heavy atom. The van der Waals surface area contributed by atoms with Crippen molar-refractivity contribution >= 4 is 17.4 Å². The van der Waals surface area contributed by atoms with Gasteiger partial charge in [0, 0.05) is 36.4 Å². The Bertz CT molecular complexity index is 1160. The van der Waals surface area contributed by atoms with Gasteiger partial charge in [0.15, 0.2) is 5.82 Å². The Kier molecular flexibility index (Phi) is 4.58. The Morgan fingerprint density at radius 3 is 2.74 bits per heavy atom. The van der Waals surface area contributed by atoms with Gasteiger partial charge in [0.1, 0.15) is 11.3 Å². The van der Waals surface area contributed by atoms with E-state index in [9.17, 15) is 4.79 Å². The molecule has 1 amide bonds. The average Bonchev–Trinajstić information content (AvgIpc) is 3.45. The number of hydrogen-bond acceptors (Lipinski definition) is 8. The highest BCUT2D eigenvalue weighted by atomic mass is 16.5. The number of nitrogens with two attached hydrogens (primary N) is 1. The lowest BCUT2D eigenvalue weighted by atomic mass is 9.68. The monoisotopic (exact) mass is 421 g/mol. The van der Waals surface area contributed by atoms with E-state index in [1.807, 2.05) is 20.0 Å². The van der Waals surface area contributed by atoms with Gasteiger partial charge in [-0.25, -0.2) is 15.0 Å². The SMILES string of the molecule is CC(C)Oc1nc2nc(C34COC(C3)C4)cn2cc1C(=O)N/C(=C/N)c1ncccn1. The number of imidazole rings is 1. The summed E-state index contributed by atoms with van der Waals surface area (Å²) >= 11 is 0. The quantitative estimate of drug-likeness (QED) is 0.611. The van der Waals surface area contributed by atoms with Gasteiger partial charge >= 0.3 is 0 Å². The van der Waals surface area contributed by atoms with Crippen LogP contribution in [0.3, 0.4) is 0 Å². The summed E-state index contributed by atoms with van der Waals surface area (Å²) in [5.41, 5.74) is 7.14. The van der Waals surface area contributed by atoms with Crippen LogP contribution in [0.2, 0.25) is 0 Å². The highest BCUT2D eigenvalue weighted by molar-refractivity contribution is 6.00. The van der Waals surface area contributed by atoms with Crippen molar-refractivity contribution in [3.05, 3.63) is 54.1 Å². The van der Waals surface area contributed by atoms with Gasteiger partial charge in [-0.1, -0.05) is 0 Å². The van der Waals surface area contributed by atoms with Crippen LogP contribution in [0.5, 0.6) is 5.88 Å². The first-order valence-electron chi connectivity index (χ1n) is 10.2. The van der Waals surface area contributed by atoms with Gasteiger partial charge in [0.2, 0.25) is 11.7 Å². The van der Waals surface area contributed by atoms with Crippen molar-refractivity contribution in [2.75, 3.05) is 6.61 Å². The summed E-state index contributed by atoms with van der Waals surface area (Å²) in [6.07, 6.45) is 10.1. The first-order chi connectivity index (χ1) is 15.0. The van der Waals surface area contributed by atoms with Crippen LogP contribution in [0.1, 0.15) is 48.6 Å². The second-order valence-corrected chi connectivity index (χ2v) is 8.19. The number of nitrogens with one attached hydrogen (secondary N) is 1. The third kappa shape index (κ3) is 3.38. The second-order valence-electron chi connectivity index (χ2n) is 8.19. The highest BCUT2D eigenvalue weighted by Gasteiger charge is 2.54. The number of carbonyl (C=O) groups is 1. The van der Waals surface area contributed by atoms with E-state index in [1.165, 1.54) is 6.20 Å². The van der Waals surface area contributed by atoms with E-state index in [-0.39, 0.29) is 28.7 Å². The number of ether oxygens (including phenoxy) is 2. The van der Waals surface area contributed by atoms with Crippen molar-refractivity contribution in [3.8, 4) is 5.88 Å². The number of hydrogen-bond donors (Lipinski definition) is 2. The highest BCUT2D eigenvalue weighted by Crippen LogP contribution is 2.51. The van der Waals surface area contributed by atoms with Gasteiger partial charge in [-0.05, 0) is 32.8 Å². The summed E-state index contributed by atoms with van der Waals surface area (Å²) in [6.45, 7) is 4.42. The summed E-state index contributed by atoms with van der Waals surface area (Å²) in [7, 11) is 0. The summed E-state index contributed by atoms with van der Waals surface area (Å²) in [6, 6.07) is 1.68. The minimum Gasteiger partial charge on any atom is -0.474 e. The number of aromatic nitrogens is 5. The molecule has 3 fully saturated rings. The van der Waals surface area contributed by atoms with Gasteiger partial charge in [-0.2, -0.15) is 4.98 Å². The minimum atomic E-state index is -0.435. The van der Waals surface area contributed by atoms with Crippen molar-refractivity contribution in [1.29, 1.82) is 0 Å². The van der Waals surface area contributed by atoms with Crippen LogP contribution in [0, 0.1) is 0 Å². The fourth-order valence-electron chi connectivity index (χ4n) is 4.04. The molecule has 160 valence electrons. The smallest absolute Gasteiger partial charge is 0.262 e. The number of fused-ring (bicyclic) bond motifs is 2. The Balaban J connectivity index is 1.50. The number of amides is 1. The lowest BCUT2D eigenvalue weighted by molar-refractivity contribution is 0.0965. The molecule has 0 radical (unpaired) electrons. The molecule has 1 aliphatic carbocycles. The zero-order valence-corrected chi connectivity index (χ0v) is 17.3. The lowest BCUT2D eigenvalue weighted by Crippen LogP contribution is -2.37. The third-order valence-electron chi connectivity index (χ3n) is 5.60. The molecule has 6 rings (SSSR count). The van der Waals surface area contributed by atoms with Crippen LogP contribution in [0.4, 0.5) is 0 Å². The fourth-order valence-corrected chi connectivity index (χ4v) is 4.04. The summed E-state index contributed by atoms with van der Waals surface area (Å²) in [5.74, 6) is 0.557. The Labute approximate surface area is 178 Å². The molecule has 3 N–H and O–H groups in total. The number of carbonyl (C=O) groups excluding carboxylic acids is 1. The molecular weight excluding hydrogens is 398 g/mol. The topological polar surface area (TPSA) is 130 Å². The van der Waals surface area contributed by atoms with Crippen molar-refractivity contribution < 1.29 is 14.3 Å². The van der Waals surface area contributed by atoms with Crippen LogP contribution < -0.4 is 15.8 Å². The van der Waals surface area contributed by atoms with E-state index in [0.717, 1.165) is 18.5 Å². The van der Waals surface area contributed by atoms with E-state index in [4.69, 9.17) is 20.2 Å². The molecule has 3 aliphatic rings. The third-order valence-corrected chi connectivity index (χ3v) is 5.60. The molecule has 10 nitrogen and oxygen atoms in total. The molecule has 0 atom stereocenters. The van der Waals surface area contributed by atoms with Gasteiger partial charge in [-0.15, -0.1) is 0 Å². The predicted molar refractivity (Wildman–Crippen MR) is 111 cm³/mol. The molecule has 2 aliphatic heterocycles. The Hall–Kier alpha value is -3.53. The van der Waals surface area contributed by atoms with E-state index in [2.05, 4.69) is 20.3 Å². The molecule has 1 saturated carbocycles. The zero-order valence-electron chi connectivity index (χ0n) is 17.3. The van der Waals surface area contributed by atoms with Gasteiger partial charge in [0.25, 0.3) is 5.91 Å². The maximum atomic E-state index is 13.1. The molecule has 2 saturated heterocycles. The average molecular weight is 421 g/mol. The maximum Gasteiger partial charge on any atom is 0.262 e. The molecule has 0 aromatic carbocycles. The van der Waals surface area contributed by atoms with E-state index >= 15 is 0 Å². The summed E-state index contributed by atoms with van der Waals surface area (Å²) < 4.78 is 13.3. The van der Waals surface area contributed by atoms with Gasteiger partial charge in [-0.3, -0.25) is 9.20 Å². The standard InChI is InChI=1S/C21H23N7O3/c1-12(2)31-19-14(18(29)25-15(8-22)17-23-4-3-5-24-17)9-28-10-16(26-20(28)27-19)21-6-13(7-21)30-11-21/h3-5,8-10,12-13H,6-7,11,22H2,1-2H3,(H,25,29)/b15-8+.